The highest BCUT2D eigenvalue weighted by atomic mass is 16.3. The summed E-state index contributed by atoms with van der Waals surface area (Å²) in [5.74, 6) is 0.489. The molecule has 0 aliphatic rings. The Morgan fingerprint density at radius 3 is 2.50 bits per heavy atom. The third-order valence-corrected chi connectivity index (χ3v) is 2.62. The van der Waals surface area contributed by atoms with Crippen molar-refractivity contribution in [2.45, 2.75) is 27.7 Å². The summed E-state index contributed by atoms with van der Waals surface area (Å²) < 4.78 is 5.65. The standard InChI is InChI=1S/C15H14O3.C2H6/c1-3-6-11(10(2)16)15-9-13(17)12-7-4-5-8-14(12)18-15;1-2/h3-9,16H,1-2H3;1-2H3/b6-3-,11-10-;. The van der Waals surface area contributed by atoms with Gasteiger partial charge in [-0.2, -0.15) is 0 Å². The van der Waals surface area contributed by atoms with Crippen LogP contribution in [0.2, 0.25) is 0 Å². The molecule has 3 heteroatoms. The number of rotatable bonds is 2. The molecule has 0 spiro atoms. The highest BCUT2D eigenvalue weighted by Crippen LogP contribution is 2.21. The lowest BCUT2D eigenvalue weighted by molar-refractivity contribution is 0.415. The maximum atomic E-state index is 11.9. The van der Waals surface area contributed by atoms with E-state index in [1.165, 1.54) is 6.07 Å². The fourth-order valence-electron chi connectivity index (χ4n) is 1.78. The number of hydrogen-bond acceptors (Lipinski definition) is 3. The van der Waals surface area contributed by atoms with E-state index < -0.39 is 0 Å². The predicted molar refractivity (Wildman–Crippen MR) is 83.9 cm³/mol. The number of fused-ring (bicyclic) bond motifs is 1. The largest absolute Gasteiger partial charge is 0.512 e. The second-order valence-corrected chi connectivity index (χ2v) is 3.97. The molecule has 0 aliphatic carbocycles. The monoisotopic (exact) mass is 272 g/mol. The summed E-state index contributed by atoms with van der Waals surface area (Å²) in [7, 11) is 0. The predicted octanol–water partition coefficient (Wildman–Crippen LogP) is 4.68. The summed E-state index contributed by atoms with van der Waals surface area (Å²) in [4.78, 5) is 11.9. The quantitative estimate of drug-likeness (QED) is 0.637. The number of hydrogen-bond donors (Lipinski definition) is 1. The molecule has 3 nitrogen and oxygen atoms in total. The number of aliphatic hydroxyl groups excluding tert-OH is 1. The molecule has 2 rings (SSSR count). The van der Waals surface area contributed by atoms with E-state index in [9.17, 15) is 9.90 Å². The Labute approximate surface area is 118 Å². The van der Waals surface area contributed by atoms with Crippen molar-refractivity contribution in [3.63, 3.8) is 0 Å². The molecule has 0 radical (unpaired) electrons. The molecule has 0 aliphatic heterocycles. The van der Waals surface area contributed by atoms with E-state index in [0.717, 1.165) is 0 Å². The van der Waals surface area contributed by atoms with Gasteiger partial charge in [-0.05, 0) is 26.0 Å². The van der Waals surface area contributed by atoms with Gasteiger partial charge in [-0.1, -0.05) is 38.1 Å². The number of aliphatic hydroxyl groups is 1. The Kier molecular flexibility index (Phi) is 5.78. The average molecular weight is 272 g/mol. The molecule has 2 aromatic rings. The first-order valence-corrected chi connectivity index (χ1v) is 6.69. The summed E-state index contributed by atoms with van der Waals surface area (Å²) in [6.07, 6.45) is 3.49. The minimum Gasteiger partial charge on any atom is -0.512 e. The van der Waals surface area contributed by atoms with Crippen LogP contribution in [-0.2, 0) is 0 Å². The van der Waals surface area contributed by atoms with Crippen LogP contribution in [0.3, 0.4) is 0 Å². The molecule has 0 atom stereocenters. The van der Waals surface area contributed by atoms with E-state index in [0.29, 0.717) is 22.3 Å². The molecule has 20 heavy (non-hydrogen) atoms. The van der Waals surface area contributed by atoms with Crippen LogP contribution < -0.4 is 5.43 Å². The molecular weight excluding hydrogens is 252 g/mol. The zero-order chi connectivity index (χ0) is 15.1. The van der Waals surface area contributed by atoms with Crippen LogP contribution in [0.5, 0.6) is 0 Å². The van der Waals surface area contributed by atoms with Crippen molar-refractivity contribution in [1.82, 2.24) is 0 Å². The van der Waals surface area contributed by atoms with Gasteiger partial charge in [0, 0.05) is 6.07 Å². The first-order chi connectivity index (χ1) is 9.63. The zero-order valence-corrected chi connectivity index (χ0v) is 12.3. The first kappa shape index (κ1) is 15.8. The zero-order valence-electron chi connectivity index (χ0n) is 12.3. The molecular formula is C17H20O3. The molecule has 1 heterocycles. The molecule has 0 unspecified atom stereocenters. The van der Waals surface area contributed by atoms with Gasteiger partial charge in [0.1, 0.15) is 17.1 Å². The Balaban J connectivity index is 0.000000956. The molecule has 1 N–H and O–H groups in total. The van der Waals surface area contributed by atoms with Crippen LogP contribution >= 0.6 is 0 Å². The molecule has 0 amide bonds. The van der Waals surface area contributed by atoms with Crippen molar-refractivity contribution in [2.75, 3.05) is 0 Å². The molecule has 0 fully saturated rings. The minimum atomic E-state index is -0.116. The summed E-state index contributed by atoms with van der Waals surface area (Å²) in [5.41, 5.74) is 0.915. The fraction of sp³-hybridized carbons (Fsp3) is 0.235. The summed E-state index contributed by atoms with van der Waals surface area (Å²) >= 11 is 0. The molecule has 0 saturated carbocycles. The van der Waals surface area contributed by atoms with Crippen LogP contribution in [-0.4, -0.2) is 5.11 Å². The topological polar surface area (TPSA) is 50.4 Å². The van der Waals surface area contributed by atoms with Gasteiger partial charge in [-0.3, -0.25) is 4.79 Å². The van der Waals surface area contributed by atoms with Gasteiger partial charge in [0.05, 0.1) is 11.0 Å². The Morgan fingerprint density at radius 1 is 1.25 bits per heavy atom. The van der Waals surface area contributed by atoms with Crippen molar-refractivity contribution >= 4 is 16.5 Å². The molecule has 1 aromatic heterocycles. The molecule has 106 valence electrons. The van der Waals surface area contributed by atoms with Crippen molar-refractivity contribution < 1.29 is 9.52 Å². The highest BCUT2D eigenvalue weighted by molar-refractivity contribution is 5.80. The summed E-state index contributed by atoms with van der Waals surface area (Å²) in [6, 6.07) is 8.45. The average Bonchev–Trinajstić information content (AvgIpc) is 2.46. The minimum absolute atomic E-state index is 0.116. The Morgan fingerprint density at radius 2 is 1.90 bits per heavy atom. The van der Waals surface area contributed by atoms with Gasteiger partial charge in [0.2, 0.25) is 0 Å². The van der Waals surface area contributed by atoms with E-state index in [2.05, 4.69) is 0 Å². The number of allylic oxidation sites excluding steroid dienone is 4. The fourth-order valence-corrected chi connectivity index (χ4v) is 1.78. The number of para-hydroxylation sites is 1. The van der Waals surface area contributed by atoms with Crippen LogP contribution in [0.4, 0.5) is 0 Å². The van der Waals surface area contributed by atoms with Crippen molar-refractivity contribution in [1.29, 1.82) is 0 Å². The summed E-state index contributed by atoms with van der Waals surface area (Å²) in [6.45, 7) is 7.40. The Hall–Kier alpha value is -2.29. The lowest BCUT2D eigenvalue weighted by Crippen LogP contribution is -2.01. The molecule has 0 bridgehead atoms. The highest BCUT2D eigenvalue weighted by Gasteiger charge is 2.09. The van der Waals surface area contributed by atoms with Gasteiger partial charge in [-0.15, -0.1) is 0 Å². The molecule has 0 saturated heterocycles. The normalized spacial score (nSPS) is 12.0. The van der Waals surface area contributed by atoms with Crippen LogP contribution in [0.25, 0.3) is 16.5 Å². The van der Waals surface area contributed by atoms with Crippen LogP contribution in [0.1, 0.15) is 33.5 Å². The van der Waals surface area contributed by atoms with E-state index in [1.807, 2.05) is 20.8 Å². The van der Waals surface area contributed by atoms with Crippen LogP contribution in [0, 0.1) is 0 Å². The van der Waals surface area contributed by atoms with E-state index in [1.54, 1.807) is 43.3 Å². The van der Waals surface area contributed by atoms with Gasteiger partial charge < -0.3 is 9.52 Å². The van der Waals surface area contributed by atoms with Crippen molar-refractivity contribution in [3.8, 4) is 0 Å². The maximum absolute atomic E-state index is 11.9. The Bertz CT molecular complexity index is 687. The van der Waals surface area contributed by atoms with Gasteiger partial charge in [0.25, 0.3) is 0 Å². The van der Waals surface area contributed by atoms with Gasteiger partial charge in [-0.25, -0.2) is 0 Å². The summed E-state index contributed by atoms with van der Waals surface area (Å²) in [5, 5.41) is 10.2. The van der Waals surface area contributed by atoms with Gasteiger partial charge >= 0.3 is 0 Å². The number of benzene rings is 1. The first-order valence-electron chi connectivity index (χ1n) is 6.69. The SMILES string of the molecule is C/C=C\C(=C(/C)O)c1cc(=O)c2ccccc2o1.CC. The van der Waals surface area contributed by atoms with Gasteiger partial charge in [0.15, 0.2) is 5.43 Å². The third kappa shape index (κ3) is 3.38. The van der Waals surface area contributed by atoms with E-state index in [4.69, 9.17) is 4.42 Å². The lowest BCUT2D eigenvalue weighted by Gasteiger charge is -2.04. The third-order valence-electron chi connectivity index (χ3n) is 2.62. The second-order valence-electron chi connectivity index (χ2n) is 3.97. The second kappa shape index (κ2) is 7.34. The lowest BCUT2D eigenvalue weighted by atomic mass is 10.1. The van der Waals surface area contributed by atoms with E-state index >= 15 is 0 Å². The van der Waals surface area contributed by atoms with Crippen LogP contribution in [0.15, 0.2) is 57.5 Å². The maximum Gasteiger partial charge on any atom is 0.193 e. The van der Waals surface area contributed by atoms with Crippen molar-refractivity contribution in [3.05, 3.63) is 64.2 Å². The smallest absolute Gasteiger partial charge is 0.193 e. The van der Waals surface area contributed by atoms with E-state index in [-0.39, 0.29) is 11.2 Å². The molecule has 1 aromatic carbocycles. The van der Waals surface area contributed by atoms with Crippen molar-refractivity contribution in [2.24, 2.45) is 0 Å².